The summed E-state index contributed by atoms with van der Waals surface area (Å²) in [7, 11) is -3.88. The van der Waals surface area contributed by atoms with Crippen molar-refractivity contribution in [2.75, 3.05) is 32.8 Å². The molecule has 2 amide bonds. The number of rotatable bonds is 5. The van der Waals surface area contributed by atoms with Gasteiger partial charge in [0.05, 0.1) is 13.0 Å². The SMILES string of the molecule is NC(=O)c1ccc(S(=O)(=O)N2CCN(C(=O)Cc3ccc4c(c3)CCO4)CC2)o1. The predicted octanol–water partition coefficient (Wildman–Crippen LogP) is 0.389. The lowest BCUT2D eigenvalue weighted by atomic mass is 10.1. The molecule has 2 aromatic rings. The molecule has 0 saturated carbocycles. The minimum absolute atomic E-state index is 0.0464. The molecule has 9 nitrogen and oxygen atoms in total. The van der Waals surface area contributed by atoms with E-state index in [2.05, 4.69) is 0 Å². The third-order valence-electron chi connectivity index (χ3n) is 5.12. The third-order valence-corrected chi connectivity index (χ3v) is 6.89. The molecule has 3 heterocycles. The van der Waals surface area contributed by atoms with E-state index in [-0.39, 0.29) is 49.4 Å². The largest absolute Gasteiger partial charge is 0.493 e. The zero-order chi connectivity index (χ0) is 20.6. The monoisotopic (exact) mass is 419 g/mol. The highest BCUT2D eigenvalue weighted by Crippen LogP contribution is 2.26. The number of nitrogens with two attached hydrogens (primary N) is 1. The standard InChI is InChI=1S/C19H21N3O6S/c20-19(24)16-3-4-18(28-16)29(25,26)22-8-6-21(7-9-22)17(23)12-13-1-2-15-14(11-13)5-10-27-15/h1-4,11H,5-10,12H2,(H2,20,24). The maximum atomic E-state index is 12.7. The van der Waals surface area contributed by atoms with Gasteiger partial charge in [-0.1, -0.05) is 12.1 Å². The topological polar surface area (TPSA) is 123 Å². The van der Waals surface area contributed by atoms with Crippen LogP contribution in [0.5, 0.6) is 5.75 Å². The molecule has 0 bridgehead atoms. The Labute approximate surface area is 168 Å². The zero-order valence-corrected chi connectivity index (χ0v) is 16.5. The Morgan fingerprint density at radius 1 is 1.07 bits per heavy atom. The third kappa shape index (κ3) is 3.85. The van der Waals surface area contributed by atoms with Crippen molar-refractivity contribution in [2.45, 2.75) is 17.9 Å². The van der Waals surface area contributed by atoms with Gasteiger partial charge in [0, 0.05) is 32.6 Å². The number of piperazine rings is 1. The van der Waals surface area contributed by atoms with Crippen molar-refractivity contribution in [3.05, 3.63) is 47.2 Å². The van der Waals surface area contributed by atoms with Gasteiger partial charge < -0.3 is 19.8 Å². The number of hydrogen-bond acceptors (Lipinski definition) is 6. The molecule has 1 saturated heterocycles. The van der Waals surface area contributed by atoms with E-state index in [0.717, 1.165) is 23.3 Å². The van der Waals surface area contributed by atoms with E-state index in [1.165, 1.54) is 16.4 Å². The molecule has 0 atom stereocenters. The number of fused-ring (bicyclic) bond motifs is 1. The number of primary amides is 1. The minimum Gasteiger partial charge on any atom is -0.493 e. The van der Waals surface area contributed by atoms with Crippen molar-refractivity contribution < 1.29 is 27.2 Å². The predicted molar refractivity (Wildman–Crippen MR) is 102 cm³/mol. The Morgan fingerprint density at radius 2 is 1.83 bits per heavy atom. The minimum atomic E-state index is -3.88. The highest BCUT2D eigenvalue weighted by atomic mass is 32.2. The summed E-state index contributed by atoms with van der Waals surface area (Å²) in [6.45, 7) is 1.54. The number of amides is 2. The summed E-state index contributed by atoms with van der Waals surface area (Å²) in [5, 5.41) is -0.327. The van der Waals surface area contributed by atoms with E-state index in [1.54, 1.807) is 4.90 Å². The Kier molecular flexibility index (Phi) is 5.05. The van der Waals surface area contributed by atoms with Crippen LogP contribution in [0.1, 0.15) is 21.7 Å². The summed E-state index contributed by atoms with van der Waals surface area (Å²) in [6, 6.07) is 8.21. The van der Waals surface area contributed by atoms with Crippen LogP contribution in [0.25, 0.3) is 0 Å². The number of hydrogen-bond donors (Lipinski definition) is 1. The Bertz CT molecular complexity index is 1050. The van der Waals surface area contributed by atoms with Crippen LogP contribution in [0, 0.1) is 0 Å². The van der Waals surface area contributed by atoms with Crippen molar-refractivity contribution >= 4 is 21.8 Å². The molecule has 0 unspecified atom stereocenters. The first-order valence-electron chi connectivity index (χ1n) is 9.27. The van der Waals surface area contributed by atoms with Crippen LogP contribution in [-0.4, -0.2) is 62.2 Å². The van der Waals surface area contributed by atoms with Crippen LogP contribution < -0.4 is 10.5 Å². The van der Waals surface area contributed by atoms with Crippen LogP contribution in [0.15, 0.2) is 39.8 Å². The molecule has 0 spiro atoms. The number of sulfonamides is 1. The summed E-state index contributed by atoms with van der Waals surface area (Å²) < 4.78 is 37.1. The molecule has 1 aromatic heterocycles. The maximum absolute atomic E-state index is 12.7. The fraction of sp³-hybridized carbons (Fsp3) is 0.368. The van der Waals surface area contributed by atoms with Crippen molar-refractivity contribution in [2.24, 2.45) is 5.73 Å². The summed E-state index contributed by atoms with van der Waals surface area (Å²) in [5.74, 6) is -0.218. The number of carbonyl (C=O) groups is 2. The second-order valence-electron chi connectivity index (χ2n) is 6.99. The molecule has 4 rings (SSSR count). The molecule has 2 aliphatic rings. The first kappa shape index (κ1) is 19.5. The van der Waals surface area contributed by atoms with Crippen molar-refractivity contribution in [1.82, 2.24) is 9.21 Å². The van der Waals surface area contributed by atoms with Gasteiger partial charge in [-0.2, -0.15) is 4.31 Å². The zero-order valence-electron chi connectivity index (χ0n) is 15.7. The Morgan fingerprint density at radius 3 is 2.52 bits per heavy atom. The van der Waals surface area contributed by atoms with Gasteiger partial charge in [0.25, 0.3) is 15.9 Å². The van der Waals surface area contributed by atoms with Gasteiger partial charge in [0.15, 0.2) is 5.76 Å². The molecule has 0 aliphatic carbocycles. The number of ether oxygens (including phenoxy) is 1. The molecule has 1 fully saturated rings. The van der Waals surface area contributed by atoms with Crippen LogP contribution in [0.2, 0.25) is 0 Å². The van der Waals surface area contributed by atoms with Crippen molar-refractivity contribution in [3.63, 3.8) is 0 Å². The fourth-order valence-electron chi connectivity index (χ4n) is 3.53. The van der Waals surface area contributed by atoms with Gasteiger partial charge >= 0.3 is 0 Å². The number of benzene rings is 1. The van der Waals surface area contributed by atoms with Crippen LogP contribution in [-0.2, 0) is 27.7 Å². The van der Waals surface area contributed by atoms with Gasteiger partial charge in [-0.3, -0.25) is 9.59 Å². The fourth-order valence-corrected chi connectivity index (χ4v) is 4.87. The lowest BCUT2D eigenvalue weighted by Crippen LogP contribution is -2.50. The summed E-state index contributed by atoms with van der Waals surface area (Å²) >= 11 is 0. The van der Waals surface area contributed by atoms with E-state index in [9.17, 15) is 18.0 Å². The molecular formula is C19H21N3O6S. The highest BCUT2D eigenvalue weighted by molar-refractivity contribution is 7.89. The summed E-state index contributed by atoms with van der Waals surface area (Å²) in [5.41, 5.74) is 7.13. The number of carbonyl (C=O) groups excluding carboxylic acids is 2. The lowest BCUT2D eigenvalue weighted by molar-refractivity contribution is -0.131. The lowest BCUT2D eigenvalue weighted by Gasteiger charge is -2.33. The first-order chi connectivity index (χ1) is 13.8. The molecule has 1 aromatic carbocycles. The molecule has 0 radical (unpaired) electrons. The number of nitrogens with zero attached hydrogens (tertiary/aromatic N) is 2. The van der Waals surface area contributed by atoms with Crippen LogP contribution >= 0.6 is 0 Å². The van der Waals surface area contributed by atoms with E-state index >= 15 is 0 Å². The Balaban J connectivity index is 1.37. The van der Waals surface area contributed by atoms with Crippen LogP contribution in [0.4, 0.5) is 0 Å². The van der Waals surface area contributed by atoms with Gasteiger partial charge in [-0.25, -0.2) is 8.42 Å². The smallest absolute Gasteiger partial charge is 0.284 e. The van der Waals surface area contributed by atoms with Crippen LogP contribution in [0.3, 0.4) is 0 Å². The molecule has 154 valence electrons. The van der Waals surface area contributed by atoms with E-state index in [1.807, 2.05) is 18.2 Å². The molecule has 2 N–H and O–H groups in total. The van der Waals surface area contributed by atoms with E-state index in [4.69, 9.17) is 14.9 Å². The number of furan rings is 1. The van der Waals surface area contributed by atoms with E-state index in [0.29, 0.717) is 6.61 Å². The summed E-state index contributed by atoms with van der Waals surface area (Å²) in [6.07, 6.45) is 1.11. The second-order valence-corrected chi connectivity index (χ2v) is 8.85. The average Bonchev–Trinajstić information content (AvgIpc) is 3.37. The molecule has 29 heavy (non-hydrogen) atoms. The van der Waals surface area contributed by atoms with Gasteiger partial charge in [-0.05, 0) is 29.3 Å². The molecule has 10 heteroatoms. The van der Waals surface area contributed by atoms with Gasteiger partial charge in [0.1, 0.15) is 5.75 Å². The van der Waals surface area contributed by atoms with Crippen molar-refractivity contribution in [1.29, 1.82) is 0 Å². The first-order valence-corrected chi connectivity index (χ1v) is 10.7. The van der Waals surface area contributed by atoms with Gasteiger partial charge in [0.2, 0.25) is 11.0 Å². The maximum Gasteiger partial charge on any atom is 0.284 e. The van der Waals surface area contributed by atoms with E-state index < -0.39 is 15.9 Å². The Hall–Kier alpha value is -2.85. The molecule has 2 aliphatic heterocycles. The molecular weight excluding hydrogens is 398 g/mol. The summed E-state index contributed by atoms with van der Waals surface area (Å²) in [4.78, 5) is 25.4. The van der Waals surface area contributed by atoms with Gasteiger partial charge in [-0.15, -0.1) is 0 Å². The average molecular weight is 419 g/mol. The quantitative estimate of drug-likeness (QED) is 0.748. The second kappa shape index (κ2) is 7.53. The normalized spacial score (nSPS) is 17.0. The van der Waals surface area contributed by atoms with Crippen molar-refractivity contribution in [3.8, 4) is 5.75 Å². The highest BCUT2D eigenvalue weighted by Gasteiger charge is 2.32.